The molecule has 1 aliphatic rings. The van der Waals surface area contributed by atoms with Crippen LogP contribution in [0.5, 0.6) is 0 Å². The highest BCUT2D eigenvalue weighted by Gasteiger charge is 2.25. The second-order valence-corrected chi connectivity index (χ2v) is 5.71. The number of hydrogen-bond acceptors (Lipinski definition) is 2. The zero-order valence-electron chi connectivity index (χ0n) is 11.3. The first-order chi connectivity index (χ1) is 9.78. The van der Waals surface area contributed by atoms with Crippen LogP contribution in [0, 0.1) is 0 Å². The fourth-order valence-corrected chi connectivity index (χ4v) is 3.11. The molecule has 1 N–H and O–H groups in total. The van der Waals surface area contributed by atoms with Gasteiger partial charge in [-0.2, -0.15) is 0 Å². The van der Waals surface area contributed by atoms with Gasteiger partial charge in [-0.25, -0.2) is 0 Å². The molecule has 0 aliphatic carbocycles. The number of nitrogens with zero attached hydrogens (tertiary/aromatic N) is 1. The van der Waals surface area contributed by atoms with E-state index < -0.39 is 0 Å². The van der Waals surface area contributed by atoms with E-state index in [2.05, 4.69) is 35.2 Å². The number of benzene rings is 2. The van der Waals surface area contributed by atoms with Crippen LogP contribution in [0.1, 0.15) is 23.5 Å². The minimum Gasteiger partial charge on any atom is -0.392 e. The highest BCUT2D eigenvalue weighted by Crippen LogP contribution is 2.33. The zero-order valence-corrected chi connectivity index (χ0v) is 12.1. The summed E-state index contributed by atoms with van der Waals surface area (Å²) in [6.45, 7) is 2.04. The monoisotopic (exact) mass is 287 g/mol. The molecule has 2 nitrogen and oxygen atoms in total. The summed E-state index contributed by atoms with van der Waals surface area (Å²) in [6, 6.07) is 16.3. The van der Waals surface area contributed by atoms with Crippen LogP contribution in [0.3, 0.4) is 0 Å². The van der Waals surface area contributed by atoms with E-state index in [9.17, 15) is 5.11 Å². The maximum Gasteiger partial charge on any atom is 0.0702 e. The molecule has 0 amide bonds. The van der Waals surface area contributed by atoms with Crippen molar-refractivity contribution in [2.45, 2.75) is 18.9 Å². The molecule has 0 radical (unpaired) electrons. The molecule has 1 unspecified atom stereocenters. The summed E-state index contributed by atoms with van der Waals surface area (Å²) < 4.78 is 0. The lowest BCUT2D eigenvalue weighted by Gasteiger charge is -2.22. The van der Waals surface area contributed by atoms with E-state index in [0.717, 1.165) is 35.8 Å². The molecule has 0 aromatic heterocycles. The highest BCUT2D eigenvalue weighted by molar-refractivity contribution is 6.30. The van der Waals surface area contributed by atoms with E-state index in [1.54, 1.807) is 0 Å². The summed E-state index contributed by atoms with van der Waals surface area (Å²) in [7, 11) is 0. The Hall–Kier alpha value is -1.51. The number of anilines is 1. The lowest BCUT2D eigenvalue weighted by molar-refractivity contribution is 0.282. The molecule has 0 saturated carbocycles. The van der Waals surface area contributed by atoms with E-state index in [0.29, 0.717) is 5.92 Å². The van der Waals surface area contributed by atoms with Gasteiger partial charge in [0.25, 0.3) is 0 Å². The average Bonchev–Trinajstić information content (AvgIpc) is 2.98. The number of aliphatic hydroxyl groups is 1. The topological polar surface area (TPSA) is 23.5 Å². The Labute approximate surface area is 124 Å². The van der Waals surface area contributed by atoms with Gasteiger partial charge in [0.1, 0.15) is 0 Å². The van der Waals surface area contributed by atoms with E-state index >= 15 is 0 Å². The van der Waals surface area contributed by atoms with Crippen LogP contribution in [-0.4, -0.2) is 18.2 Å². The normalized spacial score (nSPS) is 18.5. The molecule has 1 saturated heterocycles. The molecule has 2 aromatic rings. The van der Waals surface area contributed by atoms with Gasteiger partial charge in [-0.3, -0.25) is 0 Å². The number of rotatable bonds is 3. The van der Waals surface area contributed by atoms with Gasteiger partial charge in [0.2, 0.25) is 0 Å². The van der Waals surface area contributed by atoms with E-state index in [1.807, 2.05) is 18.2 Å². The Morgan fingerprint density at radius 3 is 2.70 bits per heavy atom. The SMILES string of the molecule is OCc1ccc(Cl)cc1N1CCC(c2ccccc2)C1. The van der Waals surface area contributed by atoms with Crippen molar-refractivity contribution in [2.75, 3.05) is 18.0 Å². The van der Waals surface area contributed by atoms with Gasteiger partial charge in [-0.05, 0) is 24.1 Å². The third-order valence-electron chi connectivity index (χ3n) is 4.02. The molecule has 1 atom stereocenters. The van der Waals surface area contributed by atoms with E-state index in [-0.39, 0.29) is 6.61 Å². The first kappa shape index (κ1) is 13.5. The average molecular weight is 288 g/mol. The summed E-state index contributed by atoms with van der Waals surface area (Å²) in [5, 5.41) is 10.2. The van der Waals surface area contributed by atoms with Gasteiger partial charge < -0.3 is 10.0 Å². The van der Waals surface area contributed by atoms with Crippen molar-refractivity contribution in [3.05, 3.63) is 64.7 Å². The summed E-state index contributed by atoms with van der Waals surface area (Å²) in [5.41, 5.74) is 3.41. The highest BCUT2D eigenvalue weighted by atomic mass is 35.5. The van der Waals surface area contributed by atoms with Gasteiger partial charge >= 0.3 is 0 Å². The predicted molar refractivity (Wildman–Crippen MR) is 83.4 cm³/mol. The Kier molecular flexibility index (Phi) is 3.95. The van der Waals surface area contributed by atoms with Crippen molar-refractivity contribution in [1.29, 1.82) is 0 Å². The van der Waals surface area contributed by atoms with Crippen LogP contribution >= 0.6 is 11.6 Å². The maximum atomic E-state index is 9.48. The molecule has 1 fully saturated rings. The summed E-state index contributed by atoms with van der Waals surface area (Å²) in [6.07, 6.45) is 1.14. The third-order valence-corrected chi connectivity index (χ3v) is 4.25. The van der Waals surface area contributed by atoms with Crippen LogP contribution < -0.4 is 4.90 Å². The van der Waals surface area contributed by atoms with E-state index in [4.69, 9.17) is 11.6 Å². The predicted octanol–water partition coefficient (Wildman–Crippen LogP) is 3.83. The minimum atomic E-state index is 0.0546. The molecule has 20 heavy (non-hydrogen) atoms. The molecule has 1 heterocycles. The zero-order chi connectivity index (χ0) is 13.9. The minimum absolute atomic E-state index is 0.0546. The van der Waals surface area contributed by atoms with Crippen molar-refractivity contribution in [3.63, 3.8) is 0 Å². The van der Waals surface area contributed by atoms with E-state index in [1.165, 1.54) is 5.56 Å². The van der Waals surface area contributed by atoms with Gasteiger partial charge in [0, 0.05) is 35.3 Å². The largest absolute Gasteiger partial charge is 0.392 e. The van der Waals surface area contributed by atoms with Crippen molar-refractivity contribution in [2.24, 2.45) is 0 Å². The van der Waals surface area contributed by atoms with Crippen molar-refractivity contribution in [1.82, 2.24) is 0 Å². The Balaban J connectivity index is 1.82. The molecule has 3 rings (SSSR count). The first-order valence-electron chi connectivity index (χ1n) is 6.97. The number of aliphatic hydroxyl groups excluding tert-OH is 1. The lowest BCUT2D eigenvalue weighted by atomic mass is 9.99. The Morgan fingerprint density at radius 2 is 1.95 bits per heavy atom. The van der Waals surface area contributed by atoms with Crippen LogP contribution in [0.15, 0.2) is 48.5 Å². The smallest absolute Gasteiger partial charge is 0.0702 e. The van der Waals surface area contributed by atoms with Gasteiger partial charge in [-0.1, -0.05) is 48.0 Å². The van der Waals surface area contributed by atoms with Gasteiger partial charge in [0.15, 0.2) is 0 Å². The first-order valence-corrected chi connectivity index (χ1v) is 7.35. The second kappa shape index (κ2) is 5.86. The van der Waals surface area contributed by atoms with Gasteiger partial charge in [0.05, 0.1) is 6.61 Å². The maximum absolute atomic E-state index is 9.48. The van der Waals surface area contributed by atoms with Crippen LogP contribution in [0.25, 0.3) is 0 Å². The van der Waals surface area contributed by atoms with Crippen LogP contribution in [-0.2, 0) is 6.61 Å². The van der Waals surface area contributed by atoms with Crippen molar-refractivity contribution < 1.29 is 5.11 Å². The van der Waals surface area contributed by atoms with Crippen molar-refractivity contribution >= 4 is 17.3 Å². The summed E-state index contributed by atoms with van der Waals surface area (Å²) in [4.78, 5) is 2.33. The Morgan fingerprint density at radius 1 is 1.15 bits per heavy atom. The summed E-state index contributed by atoms with van der Waals surface area (Å²) in [5.74, 6) is 0.557. The molecule has 1 aliphatic heterocycles. The van der Waals surface area contributed by atoms with Crippen molar-refractivity contribution in [3.8, 4) is 0 Å². The molecule has 0 bridgehead atoms. The fourth-order valence-electron chi connectivity index (χ4n) is 2.94. The Bertz CT molecular complexity index is 585. The van der Waals surface area contributed by atoms with Crippen LogP contribution in [0.4, 0.5) is 5.69 Å². The van der Waals surface area contributed by atoms with Crippen LogP contribution in [0.2, 0.25) is 5.02 Å². The van der Waals surface area contributed by atoms with Gasteiger partial charge in [-0.15, -0.1) is 0 Å². The molecule has 0 spiro atoms. The molecule has 3 heteroatoms. The fraction of sp³-hybridized carbons (Fsp3) is 0.294. The standard InChI is InChI=1S/C17H18ClNO/c18-16-7-6-15(12-20)17(10-16)19-9-8-14(11-19)13-4-2-1-3-5-13/h1-7,10,14,20H,8-9,11-12H2. The molecule has 2 aromatic carbocycles. The lowest BCUT2D eigenvalue weighted by Crippen LogP contribution is -2.20. The summed E-state index contributed by atoms with van der Waals surface area (Å²) >= 11 is 6.10. The second-order valence-electron chi connectivity index (χ2n) is 5.27. The number of hydrogen-bond donors (Lipinski definition) is 1. The number of halogens is 1. The molecular formula is C17H18ClNO. The third kappa shape index (κ3) is 2.67. The molecule has 104 valence electrons. The quantitative estimate of drug-likeness (QED) is 0.927. The molecular weight excluding hydrogens is 270 g/mol.